The summed E-state index contributed by atoms with van der Waals surface area (Å²) in [5.74, 6) is 1.26. The van der Waals surface area contributed by atoms with Gasteiger partial charge in [-0.3, -0.25) is 4.79 Å². The molecule has 2 saturated heterocycles. The summed E-state index contributed by atoms with van der Waals surface area (Å²) in [6, 6.07) is 0. The second kappa shape index (κ2) is 6.05. The molecule has 104 valence electrons. The van der Waals surface area contributed by atoms with Crippen LogP contribution in [0.5, 0.6) is 0 Å². The minimum Gasteiger partial charge on any atom is -0.342 e. The maximum Gasteiger partial charge on any atom is 0.230 e. The van der Waals surface area contributed by atoms with E-state index in [1.165, 1.54) is 25.7 Å². The molecule has 1 amide bonds. The lowest BCUT2D eigenvalue weighted by atomic mass is 9.82. The second-order valence-electron chi connectivity index (χ2n) is 6.06. The standard InChI is InChI=1S/C15H28N2O/c1-3-13-6-5-10-17(11-7-13)14(18)15(4-2)8-9-16-12-15/h13,16H,3-12H2,1-2H3. The van der Waals surface area contributed by atoms with Crippen molar-refractivity contribution in [1.29, 1.82) is 0 Å². The molecule has 0 saturated carbocycles. The third-order valence-corrected chi connectivity index (χ3v) is 5.09. The van der Waals surface area contributed by atoms with Gasteiger partial charge in [-0.2, -0.15) is 0 Å². The zero-order valence-corrected chi connectivity index (χ0v) is 12.0. The van der Waals surface area contributed by atoms with Crippen LogP contribution in [0, 0.1) is 11.3 Å². The molecule has 2 unspecified atom stereocenters. The lowest BCUT2D eigenvalue weighted by Gasteiger charge is -2.32. The summed E-state index contributed by atoms with van der Waals surface area (Å²) in [6.07, 6.45) is 6.97. The highest BCUT2D eigenvalue weighted by atomic mass is 16.2. The van der Waals surface area contributed by atoms with Gasteiger partial charge in [-0.05, 0) is 44.6 Å². The predicted molar refractivity (Wildman–Crippen MR) is 74.4 cm³/mol. The minimum atomic E-state index is -0.0912. The number of carbonyl (C=O) groups excluding carboxylic acids is 1. The van der Waals surface area contributed by atoms with Crippen molar-refractivity contribution in [1.82, 2.24) is 10.2 Å². The van der Waals surface area contributed by atoms with Crippen molar-refractivity contribution < 1.29 is 4.79 Å². The van der Waals surface area contributed by atoms with Crippen LogP contribution in [-0.2, 0) is 4.79 Å². The van der Waals surface area contributed by atoms with Crippen molar-refractivity contribution in [2.45, 2.75) is 52.4 Å². The first-order valence-electron chi connectivity index (χ1n) is 7.72. The predicted octanol–water partition coefficient (Wildman–Crippen LogP) is 2.41. The van der Waals surface area contributed by atoms with Crippen LogP contribution >= 0.6 is 0 Å². The summed E-state index contributed by atoms with van der Waals surface area (Å²) in [5.41, 5.74) is -0.0912. The largest absolute Gasteiger partial charge is 0.342 e. The number of nitrogens with one attached hydrogen (secondary N) is 1. The first-order valence-corrected chi connectivity index (χ1v) is 7.72. The molecule has 18 heavy (non-hydrogen) atoms. The fourth-order valence-corrected chi connectivity index (χ4v) is 3.49. The average molecular weight is 252 g/mol. The molecule has 0 bridgehead atoms. The molecule has 1 N–H and O–H groups in total. The SMILES string of the molecule is CCC1CCCN(C(=O)C2(CC)CCNC2)CC1. The van der Waals surface area contributed by atoms with E-state index in [1.807, 2.05) is 0 Å². The monoisotopic (exact) mass is 252 g/mol. The van der Waals surface area contributed by atoms with Crippen LogP contribution < -0.4 is 5.32 Å². The Labute approximate surface area is 111 Å². The van der Waals surface area contributed by atoms with E-state index >= 15 is 0 Å². The fourth-order valence-electron chi connectivity index (χ4n) is 3.49. The normalized spacial score (nSPS) is 33.4. The Morgan fingerprint density at radius 1 is 1.33 bits per heavy atom. The van der Waals surface area contributed by atoms with E-state index in [0.29, 0.717) is 5.91 Å². The van der Waals surface area contributed by atoms with Gasteiger partial charge < -0.3 is 10.2 Å². The minimum absolute atomic E-state index is 0.0912. The Kier molecular flexibility index (Phi) is 4.66. The van der Waals surface area contributed by atoms with Crippen LogP contribution in [0.15, 0.2) is 0 Å². The highest BCUT2D eigenvalue weighted by molar-refractivity contribution is 5.83. The van der Waals surface area contributed by atoms with Gasteiger partial charge >= 0.3 is 0 Å². The lowest BCUT2D eigenvalue weighted by molar-refractivity contribution is -0.141. The van der Waals surface area contributed by atoms with Gasteiger partial charge in [-0.25, -0.2) is 0 Å². The Bertz CT molecular complexity index is 284. The van der Waals surface area contributed by atoms with Crippen LogP contribution in [0.25, 0.3) is 0 Å². The first kappa shape index (κ1) is 13.9. The molecule has 0 aromatic carbocycles. The van der Waals surface area contributed by atoms with E-state index in [2.05, 4.69) is 24.1 Å². The molecule has 2 atom stereocenters. The Balaban J connectivity index is 1.99. The van der Waals surface area contributed by atoms with Crippen LogP contribution in [0.1, 0.15) is 52.4 Å². The molecule has 2 heterocycles. The van der Waals surface area contributed by atoms with Crippen molar-refractivity contribution in [2.24, 2.45) is 11.3 Å². The van der Waals surface area contributed by atoms with Gasteiger partial charge in [0.1, 0.15) is 0 Å². The topological polar surface area (TPSA) is 32.3 Å². The lowest BCUT2D eigenvalue weighted by Crippen LogP contribution is -2.45. The van der Waals surface area contributed by atoms with Gasteiger partial charge in [0, 0.05) is 19.6 Å². The summed E-state index contributed by atoms with van der Waals surface area (Å²) in [7, 11) is 0. The molecule has 0 aliphatic carbocycles. The molecule has 0 radical (unpaired) electrons. The van der Waals surface area contributed by atoms with Gasteiger partial charge in [0.15, 0.2) is 0 Å². The van der Waals surface area contributed by atoms with E-state index in [0.717, 1.165) is 44.9 Å². The first-order chi connectivity index (χ1) is 8.72. The number of hydrogen-bond acceptors (Lipinski definition) is 2. The molecule has 0 aromatic heterocycles. The fraction of sp³-hybridized carbons (Fsp3) is 0.933. The van der Waals surface area contributed by atoms with Gasteiger partial charge in [-0.1, -0.05) is 20.3 Å². The molecular weight excluding hydrogens is 224 g/mol. The third-order valence-electron chi connectivity index (χ3n) is 5.09. The molecule has 3 nitrogen and oxygen atoms in total. The van der Waals surface area contributed by atoms with Crippen molar-refractivity contribution in [2.75, 3.05) is 26.2 Å². The van der Waals surface area contributed by atoms with E-state index in [-0.39, 0.29) is 5.41 Å². The molecule has 2 rings (SSSR count). The van der Waals surface area contributed by atoms with Crippen LogP contribution in [0.4, 0.5) is 0 Å². The molecule has 2 aliphatic heterocycles. The second-order valence-corrected chi connectivity index (χ2v) is 6.06. The maximum atomic E-state index is 12.8. The molecular formula is C15H28N2O. The van der Waals surface area contributed by atoms with E-state index in [1.54, 1.807) is 0 Å². The number of carbonyl (C=O) groups is 1. The highest BCUT2D eigenvalue weighted by Crippen LogP contribution is 2.33. The van der Waals surface area contributed by atoms with E-state index in [4.69, 9.17) is 0 Å². The summed E-state index contributed by atoms with van der Waals surface area (Å²) in [5, 5.41) is 3.37. The summed E-state index contributed by atoms with van der Waals surface area (Å²) >= 11 is 0. The summed E-state index contributed by atoms with van der Waals surface area (Å²) in [6.45, 7) is 8.30. The Morgan fingerprint density at radius 2 is 2.17 bits per heavy atom. The quantitative estimate of drug-likeness (QED) is 0.836. The zero-order valence-electron chi connectivity index (χ0n) is 12.0. The van der Waals surface area contributed by atoms with Crippen LogP contribution in [0.2, 0.25) is 0 Å². The van der Waals surface area contributed by atoms with Gasteiger partial charge in [0.05, 0.1) is 5.41 Å². The number of amides is 1. The Hall–Kier alpha value is -0.570. The van der Waals surface area contributed by atoms with Crippen molar-refractivity contribution in [3.8, 4) is 0 Å². The number of rotatable bonds is 3. The number of nitrogens with zero attached hydrogens (tertiary/aromatic N) is 1. The molecule has 0 aromatic rings. The Morgan fingerprint density at radius 3 is 2.78 bits per heavy atom. The molecule has 0 spiro atoms. The van der Waals surface area contributed by atoms with Gasteiger partial charge in [0.2, 0.25) is 5.91 Å². The number of likely N-dealkylation sites (tertiary alicyclic amines) is 1. The zero-order chi connectivity index (χ0) is 13.0. The van der Waals surface area contributed by atoms with E-state index < -0.39 is 0 Å². The molecule has 2 fully saturated rings. The van der Waals surface area contributed by atoms with Crippen LogP contribution in [0.3, 0.4) is 0 Å². The smallest absolute Gasteiger partial charge is 0.230 e. The highest BCUT2D eigenvalue weighted by Gasteiger charge is 2.42. The molecule has 2 aliphatic rings. The summed E-state index contributed by atoms with van der Waals surface area (Å²) in [4.78, 5) is 14.9. The van der Waals surface area contributed by atoms with Crippen LogP contribution in [-0.4, -0.2) is 37.0 Å². The van der Waals surface area contributed by atoms with Gasteiger partial charge in [0.25, 0.3) is 0 Å². The van der Waals surface area contributed by atoms with Crippen molar-refractivity contribution in [3.05, 3.63) is 0 Å². The van der Waals surface area contributed by atoms with Crippen molar-refractivity contribution >= 4 is 5.91 Å². The molecule has 3 heteroatoms. The average Bonchev–Trinajstić information content (AvgIpc) is 2.77. The van der Waals surface area contributed by atoms with Crippen molar-refractivity contribution in [3.63, 3.8) is 0 Å². The number of hydrogen-bond donors (Lipinski definition) is 1. The maximum absolute atomic E-state index is 12.8. The summed E-state index contributed by atoms with van der Waals surface area (Å²) < 4.78 is 0. The van der Waals surface area contributed by atoms with E-state index in [9.17, 15) is 4.79 Å². The third kappa shape index (κ3) is 2.71. The van der Waals surface area contributed by atoms with Gasteiger partial charge in [-0.15, -0.1) is 0 Å².